The predicted molar refractivity (Wildman–Crippen MR) is 167 cm³/mol. The molecule has 6 aromatic rings. The minimum atomic E-state index is 0.253. The number of fused-ring (bicyclic) bond motifs is 6. The quantitative estimate of drug-likeness (QED) is 0.207. The molecule has 0 bridgehead atoms. The van der Waals surface area contributed by atoms with Gasteiger partial charge in [-0.05, 0) is 71.3 Å². The van der Waals surface area contributed by atoms with Crippen molar-refractivity contribution in [1.82, 2.24) is 4.57 Å². The van der Waals surface area contributed by atoms with Crippen molar-refractivity contribution in [3.8, 4) is 16.8 Å². The normalized spacial score (nSPS) is 17.9. The third-order valence-electron chi connectivity index (χ3n) is 8.18. The zero-order chi connectivity index (χ0) is 25.9. The molecule has 1 aliphatic heterocycles. The van der Waals surface area contributed by atoms with Gasteiger partial charge in [0.1, 0.15) is 0 Å². The van der Waals surface area contributed by atoms with E-state index in [-0.39, 0.29) is 12.0 Å². The van der Waals surface area contributed by atoms with Crippen LogP contribution in [0.15, 0.2) is 144 Å². The Morgan fingerprint density at radius 3 is 2.08 bits per heavy atom. The zero-order valence-corrected chi connectivity index (χ0v) is 22.8. The van der Waals surface area contributed by atoms with Crippen LogP contribution in [-0.4, -0.2) is 10.6 Å². The molecule has 0 saturated carbocycles. The predicted octanol–water partition coefficient (Wildman–Crippen LogP) is 9.90. The maximum atomic E-state index is 3.91. The molecule has 1 aliphatic carbocycles. The second-order valence-corrected chi connectivity index (χ2v) is 11.2. The number of para-hydroxylation sites is 3. The Balaban J connectivity index is 1.30. The van der Waals surface area contributed by atoms with Crippen LogP contribution in [0.2, 0.25) is 0 Å². The third kappa shape index (κ3) is 3.47. The van der Waals surface area contributed by atoms with E-state index >= 15 is 0 Å². The first-order valence-corrected chi connectivity index (χ1v) is 14.2. The molecule has 0 N–H and O–H groups in total. The molecule has 2 nitrogen and oxygen atoms in total. The highest BCUT2D eigenvalue weighted by molar-refractivity contribution is 9.11. The molecule has 0 amide bonds. The molecule has 3 heteroatoms. The summed E-state index contributed by atoms with van der Waals surface area (Å²) >= 11 is 3.91. The zero-order valence-electron chi connectivity index (χ0n) is 21.2. The van der Waals surface area contributed by atoms with E-state index in [2.05, 4.69) is 165 Å². The van der Waals surface area contributed by atoms with Gasteiger partial charge in [0.25, 0.3) is 0 Å². The second-order valence-electron chi connectivity index (χ2n) is 10.3. The maximum Gasteiger partial charge on any atom is 0.0640 e. The van der Waals surface area contributed by atoms with Crippen LogP contribution in [0.4, 0.5) is 11.4 Å². The summed E-state index contributed by atoms with van der Waals surface area (Å²) in [7, 11) is 0. The first-order chi connectivity index (χ1) is 19.3. The molecule has 2 aliphatic rings. The Morgan fingerprint density at radius 2 is 1.26 bits per heavy atom. The topological polar surface area (TPSA) is 8.17 Å². The average molecular weight is 566 g/mol. The molecule has 2 unspecified atom stereocenters. The van der Waals surface area contributed by atoms with Crippen LogP contribution in [0, 0.1) is 0 Å². The Bertz CT molecular complexity index is 1930. The number of rotatable bonds is 3. The van der Waals surface area contributed by atoms with Crippen LogP contribution in [0.5, 0.6) is 0 Å². The SMILES string of the molecule is BrC1=CC=CC2C1c1cc(-c3ccc4c(c3)c3ccccc3n4-c3ccccc3)ccc1N2c1ccccc1. The van der Waals surface area contributed by atoms with Crippen LogP contribution in [0.3, 0.4) is 0 Å². The summed E-state index contributed by atoms with van der Waals surface area (Å²) in [6.07, 6.45) is 6.69. The van der Waals surface area contributed by atoms with Crippen molar-refractivity contribution in [2.45, 2.75) is 12.0 Å². The first-order valence-electron chi connectivity index (χ1n) is 13.4. The van der Waals surface area contributed by atoms with Gasteiger partial charge < -0.3 is 9.47 Å². The number of allylic oxidation sites excluding steroid dienone is 2. The number of anilines is 2. The Hall–Kier alpha value is -4.34. The Morgan fingerprint density at radius 1 is 0.590 bits per heavy atom. The molecule has 0 saturated heterocycles. The largest absolute Gasteiger partial charge is 0.333 e. The van der Waals surface area contributed by atoms with Crippen LogP contribution in [0.1, 0.15) is 11.5 Å². The van der Waals surface area contributed by atoms with E-state index in [0.29, 0.717) is 0 Å². The number of benzene rings is 5. The van der Waals surface area contributed by atoms with Gasteiger partial charge in [-0.3, -0.25) is 0 Å². The molecule has 0 fully saturated rings. The van der Waals surface area contributed by atoms with Crippen molar-refractivity contribution < 1.29 is 0 Å². The van der Waals surface area contributed by atoms with E-state index in [0.717, 1.165) is 0 Å². The van der Waals surface area contributed by atoms with Gasteiger partial charge >= 0.3 is 0 Å². The van der Waals surface area contributed by atoms with Gasteiger partial charge in [-0.1, -0.05) is 101 Å². The summed E-state index contributed by atoms with van der Waals surface area (Å²) in [5.74, 6) is 0.272. The summed E-state index contributed by atoms with van der Waals surface area (Å²) in [5, 5.41) is 2.55. The average Bonchev–Trinajstić information content (AvgIpc) is 3.51. The van der Waals surface area contributed by atoms with Gasteiger partial charge in [0.2, 0.25) is 0 Å². The molecule has 0 radical (unpaired) electrons. The van der Waals surface area contributed by atoms with Gasteiger partial charge in [-0.25, -0.2) is 0 Å². The molecule has 2 atom stereocenters. The maximum absolute atomic E-state index is 3.91. The minimum Gasteiger partial charge on any atom is -0.333 e. The van der Waals surface area contributed by atoms with Gasteiger partial charge in [-0.15, -0.1) is 0 Å². The van der Waals surface area contributed by atoms with E-state index in [1.54, 1.807) is 0 Å². The number of hydrogen-bond donors (Lipinski definition) is 0. The molecule has 186 valence electrons. The highest BCUT2D eigenvalue weighted by Crippen LogP contribution is 2.52. The summed E-state index contributed by atoms with van der Waals surface area (Å²) < 4.78 is 3.60. The van der Waals surface area contributed by atoms with E-state index in [4.69, 9.17) is 0 Å². The highest BCUT2D eigenvalue weighted by Gasteiger charge is 2.40. The number of aromatic nitrogens is 1. The Labute approximate surface area is 236 Å². The van der Waals surface area contributed by atoms with Crippen LogP contribution in [-0.2, 0) is 0 Å². The van der Waals surface area contributed by atoms with Crippen molar-refractivity contribution in [1.29, 1.82) is 0 Å². The summed E-state index contributed by atoms with van der Waals surface area (Å²) in [6.45, 7) is 0. The van der Waals surface area contributed by atoms with Crippen molar-refractivity contribution in [3.63, 3.8) is 0 Å². The number of nitrogens with zero attached hydrogens (tertiary/aromatic N) is 2. The van der Waals surface area contributed by atoms with E-state index < -0.39 is 0 Å². The lowest BCUT2D eigenvalue weighted by Gasteiger charge is -2.29. The fourth-order valence-electron chi connectivity index (χ4n) is 6.48. The van der Waals surface area contributed by atoms with Crippen molar-refractivity contribution in [2.24, 2.45) is 0 Å². The monoisotopic (exact) mass is 564 g/mol. The summed E-state index contributed by atoms with van der Waals surface area (Å²) in [5.41, 5.74) is 9.99. The molecule has 39 heavy (non-hydrogen) atoms. The van der Waals surface area contributed by atoms with Crippen molar-refractivity contribution in [3.05, 3.63) is 150 Å². The fraction of sp³-hybridized carbons (Fsp3) is 0.0556. The van der Waals surface area contributed by atoms with Crippen LogP contribution >= 0.6 is 15.9 Å². The molecule has 5 aromatic carbocycles. The molecule has 0 spiro atoms. The lowest BCUT2D eigenvalue weighted by Crippen LogP contribution is -2.29. The van der Waals surface area contributed by atoms with E-state index in [9.17, 15) is 0 Å². The van der Waals surface area contributed by atoms with E-state index in [1.807, 2.05) is 0 Å². The van der Waals surface area contributed by atoms with Crippen LogP contribution in [0.25, 0.3) is 38.6 Å². The second kappa shape index (κ2) is 8.86. The highest BCUT2D eigenvalue weighted by atomic mass is 79.9. The standard InChI is InChI=1S/C36H25BrN2/c37-31-15-9-17-35-36(31)30-23-25(19-21-34(30)39(35)27-12-5-2-6-13-27)24-18-20-33-29(22-24)28-14-7-8-16-32(28)38(33)26-10-3-1-4-11-26/h1-23,35-36H. The van der Waals surface area contributed by atoms with Gasteiger partial charge in [0.15, 0.2) is 0 Å². The molecule has 1 aromatic heterocycles. The van der Waals surface area contributed by atoms with Crippen molar-refractivity contribution in [2.75, 3.05) is 4.90 Å². The fourth-order valence-corrected chi connectivity index (χ4v) is 7.15. The van der Waals surface area contributed by atoms with Crippen molar-refractivity contribution >= 4 is 49.1 Å². The molecular formula is C36H25BrN2. The first kappa shape index (κ1) is 22.6. The summed E-state index contributed by atoms with van der Waals surface area (Å²) in [4.78, 5) is 2.48. The molecule has 8 rings (SSSR count). The smallest absolute Gasteiger partial charge is 0.0640 e. The van der Waals surface area contributed by atoms with Gasteiger partial charge in [-0.2, -0.15) is 0 Å². The summed E-state index contributed by atoms with van der Waals surface area (Å²) in [6, 6.07) is 44.3. The van der Waals surface area contributed by atoms with Gasteiger partial charge in [0.05, 0.1) is 17.1 Å². The molecular weight excluding hydrogens is 540 g/mol. The van der Waals surface area contributed by atoms with Crippen LogP contribution < -0.4 is 4.90 Å². The number of halogens is 1. The molecule has 2 heterocycles. The lowest BCUT2D eigenvalue weighted by molar-refractivity contribution is 0.738. The lowest BCUT2D eigenvalue weighted by atomic mass is 9.89. The van der Waals surface area contributed by atoms with Gasteiger partial charge in [0, 0.05) is 38.2 Å². The number of hydrogen-bond acceptors (Lipinski definition) is 1. The Kier molecular flexibility index (Phi) is 5.14. The van der Waals surface area contributed by atoms with E-state index in [1.165, 1.54) is 60.0 Å². The minimum absolute atomic E-state index is 0.253. The third-order valence-corrected chi connectivity index (χ3v) is 8.93.